The summed E-state index contributed by atoms with van der Waals surface area (Å²) >= 11 is -1.41. The lowest BCUT2D eigenvalue weighted by atomic mass is 10.2. The first-order valence-corrected chi connectivity index (χ1v) is 5.16. The van der Waals surface area contributed by atoms with E-state index in [1.807, 2.05) is 0 Å². The number of fused-ring (bicyclic) bond motifs is 1. The van der Waals surface area contributed by atoms with Gasteiger partial charge in [0.05, 0.1) is 9.82 Å². The zero-order valence-electron chi connectivity index (χ0n) is 7.36. The molecule has 1 aromatic carbocycles. The molecule has 0 bridgehead atoms. The minimum atomic E-state index is -1.41. The molecule has 1 atom stereocenters. The summed E-state index contributed by atoms with van der Waals surface area (Å²) in [6.07, 6.45) is 0. The number of nitrogens with zero attached hydrogens (tertiary/aromatic N) is 4. The molecular formula is C7H6N5O2S+. The molecule has 1 aromatic rings. The van der Waals surface area contributed by atoms with E-state index in [4.69, 9.17) is 11.1 Å². The minimum absolute atomic E-state index is 0.0540. The Kier molecular flexibility index (Phi) is 2.02. The summed E-state index contributed by atoms with van der Waals surface area (Å²) in [5, 5.41) is 19.2. The summed E-state index contributed by atoms with van der Waals surface area (Å²) in [5.41, 5.74) is 5.98. The number of benzene rings is 1. The number of nitro groups is 1. The van der Waals surface area contributed by atoms with Gasteiger partial charge in [-0.2, -0.15) is 0 Å². The van der Waals surface area contributed by atoms with Crippen molar-refractivity contribution in [3.05, 3.63) is 38.3 Å². The highest BCUT2D eigenvalue weighted by Crippen LogP contribution is 2.46. The van der Waals surface area contributed by atoms with Crippen LogP contribution in [0.1, 0.15) is 5.56 Å². The van der Waals surface area contributed by atoms with Gasteiger partial charge in [-0.25, -0.2) is 0 Å². The van der Waals surface area contributed by atoms with Gasteiger partial charge in [-0.05, 0) is 6.07 Å². The Morgan fingerprint density at radius 1 is 1.60 bits per heavy atom. The number of rotatable bonds is 1. The van der Waals surface area contributed by atoms with Crippen LogP contribution in [0.15, 0.2) is 27.5 Å². The molecule has 0 aromatic heterocycles. The van der Waals surface area contributed by atoms with Crippen LogP contribution in [-0.2, 0) is 0 Å². The number of amidine groups is 1. The summed E-state index contributed by atoms with van der Waals surface area (Å²) in [4.78, 5) is 10.6. The summed E-state index contributed by atoms with van der Waals surface area (Å²) in [7, 11) is 0. The SMILES string of the molecule is N#[N+][SH]1N=C(N)c2cc([N+](=O)[O-])ccc21. The van der Waals surface area contributed by atoms with Gasteiger partial charge in [0.1, 0.15) is 5.84 Å². The van der Waals surface area contributed by atoms with Crippen molar-refractivity contribution in [2.45, 2.75) is 4.90 Å². The third-order valence-corrected chi connectivity index (χ3v) is 3.36. The normalized spacial score (nSPS) is 20.2. The Balaban J connectivity index is 2.57. The van der Waals surface area contributed by atoms with Crippen LogP contribution in [0.3, 0.4) is 0 Å². The van der Waals surface area contributed by atoms with E-state index in [9.17, 15) is 10.1 Å². The highest BCUT2D eigenvalue weighted by atomic mass is 32.2. The van der Waals surface area contributed by atoms with E-state index < -0.39 is 16.2 Å². The molecule has 8 heteroatoms. The average Bonchev–Trinajstić information content (AvgIpc) is 2.55. The molecule has 0 radical (unpaired) electrons. The van der Waals surface area contributed by atoms with Crippen LogP contribution in [0, 0.1) is 15.5 Å². The van der Waals surface area contributed by atoms with Crippen molar-refractivity contribution in [2.24, 2.45) is 10.1 Å². The molecule has 0 aliphatic carbocycles. The average molecular weight is 224 g/mol. The molecule has 2 rings (SSSR count). The highest BCUT2D eigenvalue weighted by Gasteiger charge is 2.30. The number of diazo groups is 1. The Labute approximate surface area is 87.0 Å². The van der Waals surface area contributed by atoms with Gasteiger partial charge in [0.2, 0.25) is 21.0 Å². The van der Waals surface area contributed by atoms with Crippen molar-refractivity contribution in [1.29, 1.82) is 5.39 Å². The van der Waals surface area contributed by atoms with E-state index in [-0.39, 0.29) is 11.5 Å². The highest BCUT2D eigenvalue weighted by molar-refractivity contribution is 8.18. The summed E-state index contributed by atoms with van der Waals surface area (Å²) in [5.74, 6) is 0.178. The lowest BCUT2D eigenvalue weighted by Gasteiger charge is -1.96. The first kappa shape index (κ1) is 9.42. The Hall–Kier alpha value is -2.14. The van der Waals surface area contributed by atoms with Gasteiger partial charge >= 0.3 is 0 Å². The minimum Gasteiger partial charge on any atom is -0.382 e. The predicted molar refractivity (Wildman–Crippen MR) is 56.2 cm³/mol. The molecule has 1 aliphatic heterocycles. The number of hydrogen-bond acceptors (Lipinski definition) is 5. The van der Waals surface area contributed by atoms with E-state index in [1.54, 1.807) is 0 Å². The summed E-state index contributed by atoms with van der Waals surface area (Å²) in [6.45, 7) is 0. The third-order valence-electron chi connectivity index (χ3n) is 1.97. The molecule has 1 aliphatic rings. The molecule has 0 saturated carbocycles. The van der Waals surface area contributed by atoms with Gasteiger partial charge in [-0.1, -0.05) is 0 Å². The molecular weight excluding hydrogens is 218 g/mol. The third kappa shape index (κ3) is 1.38. The van der Waals surface area contributed by atoms with E-state index in [1.165, 1.54) is 18.2 Å². The number of hydrogen-bond donors (Lipinski definition) is 2. The summed E-state index contributed by atoms with van der Waals surface area (Å²) in [6, 6.07) is 4.19. The molecule has 7 nitrogen and oxygen atoms in total. The van der Waals surface area contributed by atoms with Gasteiger partial charge in [-0.3, -0.25) is 10.1 Å². The monoisotopic (exact) mass is 224 g/mol. The lowest BCUT2D eigenvalue weighted by molar-refractivity contribution is -0.384. The zero-order valence-corrected chi connectivity index (χ0v) is 8.26. The van der Waals surface area contributed by atoms with E-state index in [0.717, 1.165) is 0 Å². The molecule has 0 saturated heterocycles. The first-order chi connectivity index (χ1) is 7.13. The van der Waals surface area contributed by atoms with Crippen molar-refractivity contribution in [2.75, 3.05) is 0 Å². The van der Waals surface area contributed by atoms with Gasteiger partial charge in [0, 0.05) is 17.7 Å². The van der Waals surface area contributed by atoms with Crippen LogP contribution in [0.25, 0.3) is 4.38 Å². The lowest BCUT2D eigenvalue weighted by Crippen LogP contribution is -2.10. The second-order valence-electron chi connectivity index (χ2n) is 2.82. The fourth-order valence-corrected chi connectivity index (χ4v) is 2.45. The smallest absolute Gasteiger partial charge is 0.270 e. The Morgan fingerprint density at radius 3 is 2.93 bits per heavy atom. The molecule has 2 N–H and O–H groups in total. The van der Waals surface area contributed by atoms with Crippen LogP contribution in [0.2, 0.25) is 0 Å². The number of nitro benzene ring substituents is 1. The van der Waals surface area contributed by atoms with Crippen molar-refractivity contribution in [3.63, 3.8) is 0 Å². The molecule has 15 heavy (non-hydrogen) atoms. The van der Waals surface area contributed by atoms with Crippen molar-refractivity contribution in [3.8, 4) is 0 Å². The van der Waals surface area contributed by atoms with Crippen LogP contribution in [0.5, 0.6) is 0 Å². The number of nitrogens with two attached hydrogens (primary N) is 1. The van der Waals surface area contributed by atoms with Gasteiger partial charge in [0.15, 0.2) is 0 Å². The molecule has 0 amide bonds. The standard InChI is InChI=1S/C7H6N5O2S/c8-7-5-3-4(12(13)14)1-2-6(5)15(10-7)11-9/h1-3,15H,(H2,8,10)/q+1. The molecule has 76 valence electrons. The van der Waals surface area contributed by atoms with E-state index >= 15 is 0 Å². The van der Waals surface area contributed by atoms with Crippen molar-refractivity contribution in [1.82, 2.24) is 0 Å². The van der Waals surface area contributed by atoms with Crippen LogP contribution < -0.4 is 5.73 Å². The fourth-order valence-electron chi connectivity index (χ4n) is 1.30. The summed E-state index contributed by atoms with van der Waals surface area (Å²) < 4.78 is 6.98. The molecule has 1 heterocycles. The van der Waals surface area contributed by atoms with Gasteiger partial charge in [-0.15, -0.1) is 4.40 Å². The second-order valence-corrected chi connectivity index (χ2v) is 4.26. The van der Waals surface area contributed by atoms with E-state index in [2.05, 4.69) is 8.78 Å². The van der Waals surface area contributed by atoms with Crippen molar-refractivity contribution >= 4 is 22.8 Å². The quantitative estimate of drug-likeness (QED) is 0.324. The predicted octanol–water partition coefficient (Wildman–Crippen LogP) is 1.36. The molecule has 1 unspecified atom stereocenters. The van der Waals surface area contributed by atoms with Crippen LogP contribution in [0.4, 0.5) is 5.69 Å². The van der Waals surface area contributed by atoms with Gasteiger partial charge in [0.25, 0.3) is 5.69 Å². The maximum Gasteiger partial charge on any atom is 0.270 e. The van der Waals surface area contributed by atoms with Gasteiger partial charge < -0.3 is 5.73 Å². The van der Waals surface area contributed by atoms with E-state index in [0.29, 0.717) is 10.5 Å². The molecule has 0 spiro atoms. The number of non-ortho nitro benzene ring substituents is 1. The second kappa shape index (κ2) is 3.21. The number of thiol groups is 1. The zero-order chi connectivity index (χ0) is 11.0. The van der Waals surface area contributed by atoms with Crippen LogP contribution in [-0.4, -0.2) is 10.8 Å². The topological polar surface area (TPSA) is 110 Å². The maximum absolute atomic E-state index is 10.5. The molecule has 0 fully saturated rings. The Morgan fingerprint density at radius 2 is 2.33 bits per heavy atom. The van der Waals surface area contributed by atoms with Crippen molar-refractivity contribution < 1.29 is 4.92 Å². The maximum atomic E-state index is 10.5. The Bertz CT molecular complexity index is 521. The first-order valence-electron chi connectivity index (χ1n) is 3.91. The van der Waals surface area contributed by atoms with Crippen LogP contribution >= 0.6 is 11.3 Å². The largest absolute Gasteiger partial charge is 0.382 e. The fraction of sp³-hybridized carbons (Fsp3) is 0.